The third-order valence-corrected chi connectivity index (χ3v) is 3.35. The second-order valence-corrected chi connectivity index (χ2v) is 4.47. The van der Waals surface area contributed by atoms with Crippen molar-refractivity contribution < 1.29 is 0 Å². The normalized spacial score (nSPS) is 26.0. The Morgan fingerprint density at radius 3 is 2.38 bits per heavy atom. The maximum absolute atomic E-state index is 3.42. The van der Waals surface area contributed by atoms with Crippen molar-refractivity contribution in [3.63, 3.8) is 0 Å². The largest absolute Gasteiger partial charge is 0.317 e. The van der Waals surface area contributed by atoms with Gasteiger partial charge in [-0.05, 0) is 57.5 Å². The Morgan fingerprint density at radius 1 is 1.00 bits per heavy atom. The quantitative estimate of drug-likeness (QED) is 0.610. The van der Waals surface area contributed by atoms with Gasteiger partial charge in [0.1, 0.15) is 0 Å². The summed E-state index contributed by atoms with van der Waals surface area (Å²) < 4.78 is 0. The van der Waals surface area contributed by atoms with Crippen molar-refractivity contribution in [1.29, 1.82) is 0 Å². The Bertz CT molecular complexity index is 170. The molecule has 1 N–H and O–H groups in total. The molecule has 1 nitrogen and oxygen atoms in total. The monoisotopic (exact) mass is 179 g/mol. The predicted octanol–water partition coefficient (Wildman–Crippen LogP) is 2.88. The lowest BCUT2D eigenvalue weighted by Gasteiger charge is -2.22. The van der Waals surface area contributed by atoms with Gasteiger partial charge in [0.15, 0.2) is 0 Å². The molecule has 1 saturated carbocycles. The summed E-state index contributed by atoms with van der Waals surface area (Å²) in [5.41, 5.74) is 1.76. The van der Waals surface area contributed by atoms with E-state index in [0.717, 1.165) is 5.92 Å². The fourth-order valence-electron chi connectivity index (χ4n) is 2.52. The Labute approximate surface area is 81.6 Å². The molecule has 0 aromatic heterocycles. The van der Waals surface area contributed by atoms with Gasteiger partial charge in [-0.25, -0.2) is 0 Å². The molecule has 1 heterocycles. The number of hydrogen-bond acceptors (Lipinski definition) is 1. The van der Waals surface area contributed by atoms with Crippen molar-refractivity contribution in [3.8, 4) is 0 Å². The minimum Gasteiger partial charge on any atom is -0.317 e. The van der Waals surface area contributed by atoms with E-state index in [0.29, 0.717) is 0 Å². The molecule has 74 valence electrons. The van der Waals surface area contributed by atoms with Crippen LogP contribution < -0.4 is 5.32 Å². The molecule has 1 heteroatoms. The third-order valence-electron chi connectivity index (χ3n) is 3.35. The minimum atomic E-state index is 0.898. The predicted molar refractivity (Wildman–Crippen MR) is 56.8 cm³/mol. The average molecular weight is 179 g/mol. The zero-order chi connectivity index (χ0) is 8.93. The van der Waals surface area contributed by atoms with Gasteiger partial charge in [-0.15, -0.1) is 0 Å². The van der Waals surface area contributed by atoms with E-state index >= 15 is 0 Å². The van der Waals surface area contributed by atoms with Crippen LogP contribution in [0.25, 0.3) is 0 Å². The lowest BCUT2D eigenvalue weighted by atomic mass is 9.89. The first-order valence-electron chi connectivity index (χ1n) is 5.85. The molecule has 1 saturated heterocycles. The van der Waals surface area contributed by atoms with Crippen molar-refractivity contribution in [2.45, 2.75) is 44.9 Å². The smallest absolute Gasteiger partial charge is 0.00433 e. The first-order valence-corrected chi connectivity index (χ1v) is 5.85. The van der Waals surface area contributed by atoms with E-state index < -0.39 is 0 Å². The van der Waals surface area contributed by atoms with Crippen LogP contribution in [0.1, 0.15) is 44.9 Å². The van der Waals surface area contributed by atoms with Crippen LogP contribution in [0.3, 0.4) is 0 Å². The Hall–Kier alpha value is -0.300. The molecule has 1 aliphatic heterocycles. The van der Waals surface area contributed by atoms with Crippen molar-refractivity contribution in [1.82, 2.24) is 5.32 Å². The topological polar surface area (TPSA) is 12.0 Å². The summed E-state index contributed by atoms with van der Waals surface area (Å²) in [5, 5.41) is 3.42. The van der Waals surface area contributed by atoms with E-state index in [-0.39, 0.29) is 0 Å². The molecular weight excluding hydrogens is 158 g/mol. The Balaban J connectivity index is 1.85. The maximum Gasteiger partial charge on any atom is -0.00433 e. The summed E-state index contributed by atoms with van der Waals surface area (Å²) in [6, 6.07) is 0. The molecule has 0 aromatic carbocycles. The number of rotatable bonds is 1. The van der Waals surface area contributed by atoms with E-state index in [9.17, 15) is 0 Å². The van der Waals surface area contributed by atoms with Gasteiger partial charge in [0.05, 0.1) is 0 Å². The van der Waals surface area contributed by atoms with E-state index in [1.165, 1.54) is 58.0 Å². The number of allylic oxidation sites excluding steroid dienone is 2. The van der Waals surface area contributed by atoms with Gasteiger partial charge in [0, 0.05) is 0 Å². The number of nitrogens with one attached hydrogen (secondary N) is 1. The second-order valence-electron chi connectivity index (χ2n) is 4.47. The molecule has 2 aliphatic rings. The van der Waals surface area contributed by atoms with Gasteiger partial charge in [0.2, 0.25) is 0 Å². The maximum atomic E-state index is 3.42. The van der Waals surface area contributed by atoms with Crippen molar-refractivity contribution in [2.75, 3.05) is 13.1 Å². The van der Waals surface area contributed by atoms with Crippen molar-refractivity contribution >= 4 is 0 Å². The SMILES string of the molecule is C(=C1CCCCC1)C1CCNCC1. The minimum absolute atomic E-state index is 0.898. The van der Waals surface area contributed by atoms with Crippen molar-refractivity contribution in [3.05, 3.63) is 11.6 Å². The van der Waals surface area contributed by atoms with Gasteiger partial charge >= 0.3 is 0 Å². The highest BCUT2D eigenvalue weighted by Gasteiger charge is 2.12. The van der Waals surface area contributed by atoms with Crippen LogP contribution in [-0.4, -0.2) is 13.1 Å². The standard InChI is InChI=1S/C12H21N/c1-2-4-11(5-3-1)10-12-6-8-13-9-7-12/h10,12-13H,1-9H2. The molecule has 0 spiro atoms. The van der Waals surface area contributed by atoms with E-state index in [1.54, 1.807) is 5.57 Å². The first-order chi connectivity index (χ1) is 6.45. The summed E-state index contributed by atoms with van der Waals surface area (Å²) in [4.78, 5) is 0. The molecular formula is C12H21N. The van der Waals surface area contributed by atoms with Gasteiger partial charge < -0.3 is 5.32 Å². The molecule has 0 radical (unpaired) electrons. The zero-order valence-electron chi connectivity index (χ0n) is 8.52. The summed E-state index contributed by atoms with van der Waals surface area (Å²) in [6.45, 7) is 2.46. The molecule has 0 atom stereocenters. The lowest BCUT2D eigenvalue weighted by Crippen LogP contribution is -2.27. The van der Waals surface area contributed by atoms with Crippen LogP contribution in [-0.2, 0) is 0 Å². The fourth-order valence-corrected chi connectivity index (χ4v) is 2.52. The van der Waals surface area contributed by atoms with Crippen LogP contribution >= 0.6 is 0 Å². The van der Waals surface area contributed by atoms with E-state index in [4.69, 9.17) is 0 Å². The molecule has 2 fully saturated rings. The molecule has 0 aromatic rings. The highest BCUT2D eigenvalue weighted by Crippen LogP contribution is 2.26. The molecule has 0 amide bonds. The number of piperidine rings is 1. The average Bonchev–Trinajstić information content (AvgIpc) is 2.21. The van der Waals surface area contributed by atoms with Gasteiger partial charge in [0.25, 0.3) is 0 Å². The summed E-state index contributed by atoms with van der Waals surface area (Å²) in [7, 11) is 0. The van der Waals surface area contributed by atoms with Crippen LogP contribution in [0.2, 0.25) is 0 Å². The highest BCUT2D eigenvalue weighted by molar-refractivity contribution is 5.07. The third kappa shape index (κ3) is 2.84. The van der Waals surface area contributed by atoms with Gasteiger partial charge in [-0.1, -0.05) is 18.1 Å². The molecule has 1 aliphatic carbocycles. The summed E-state index contributed by atoms with van der Waals surface area (Å²) in [6.07, 6.45) is 12.5. The van der Waals surface area contributed by atoms with Crippen LogP contribution in [0, 0.1) is 5.92 Å². The van der Waals surface area contributed by atoms with E-state index in [2.05, 4.69) is 11.4 Å². The highest BCUT2D eigenvalue weighted by atomic mass is 14.9. The van der Waals surface area contributed by atoms with Gasteiger partial charge in [-0.2, -0.15) is 0 Å². The van der Waals surface area contributed by atoms with Crippen LogP contribution in [0.5, 0.6) is 0 Å². The fraction of sp³-hybridized carbons (Fsp3) is 0.833. The zero-order valence-corrected chi connectivity index (χ0v) is 8.52. The number of hydrogen-bond donors (Lipinski definition) is 1. The molecule has 13 heavy (non-hydrogen) atoms. The van der Waals surface area contributed by atoms with Crippen LogP contribution in [0.15, 0.2) is 11.6 Å². The lowest BCUT2D eigenvalue weighted by molar-refractivity contribution is 0.431. The summed E-state index contributed by atoms with van der Waals surface area (Å²) in [5.74, 6) is 0.898. The first kappa shape index (κ1) is 9.26. The molecule has 0 bridgehead atoms. The van der Waals surface area contributed by atoms with Gasteiger partial charge in [-0.3, -0.25) is 0 Å². The van der Waals surface area contributed by atoms with Crippen molar-refractivity contribution in [2.24, 2.45) is 5.92 Å². The van der Waals surface area contributed by atoms with Crippen LogP contribution in [0.4, 0.5) is 0 Å². The molecule has 2 rings (SSSR count). The van der Waals surface area contributed by atoms with E-state index in [1.807, 2.05) is 0 Å². The Kier molecular flexibility index (Phi) is 3.42. The molecule has 0 unspecified atom stereocenters. The Morgan fingerprint density at radius 2 is 1.69 bits per heavy atom. The second kappa shape index (κ2) is 4.80. The summed E-state index contributed by atoms with van der Waals surface area (Å²) >= 11 is 0.